The van der Waals surface area contributed by atoms with Gasteiger partial charge in [-0.05, 0) is 30.5 Å². The second-order valence-electron chi connectivity index (χ2n) is 8.38. The lowest BCUT2D eigenvalue weighted by molar-refractivity contribution is -0.485. The highest BCUT2D eigenvalue weighted by atomic mass is 35.5. The van der Waals surface area contributed by atoms with Crippen LogP contribution in [-0.4, -0.2) is 34.7 Å². The van der Waals surface area contributed by atoms with E-state index in [-0.39, 0.29) is 11.5 Å². The summed E-state index contributed by atoms with van der Waals surface area (Å²) in [6, 6.07) is 15.5. The van der Waals surface area contributed by atoms with Gasteiger partial charge in [0.1, 0.15) is 5.54 Å². The minimum Gasteiger partial charge on any atom is -0.468 e. The van der Waals surface area contributed by atoms with Gasteiger partial charge in [-0.3, -0.25) is 20.2 Å². The molecule has 1 fully saturated rings. The van der Waals surface area contributed by atoms with Crippen LogP contribution in [0.5, 0.6) is 0 Å². The number of benzene rings is 2. The quantitative estimate of drug-likeness (QED) is 0.380. The number of hydrogen-bond acceptors (Lipinski definition) is 5. The number of rotatable bonds is 4. The summed E-state index contributed by atoms with van der Waals surface area (Å²) in [5.74, 6) is -1.16. The van der Waals surface area contributed by atoms with Crippen LogP contribution in [0, 0.1) is 10.1 Å². The molecule has 2 bridgehead atoms. The van der Waals surface area contributed by atoms with E-state index >= 15 is 0 Å². The van der Waals surface area contributed by atoms with Gasteiger partial charge >= 0.3 is 5.97 Å². The lowest BCUT2D eigenvalue weighted by Crippen LogP contribution is -2.62. The highest BCUT2D eigenvalue weighted by Gasteiger charge is 2.65. The van der Waals surface area contributed by atoms with Crippen LogP contribution < -0.4 is 5.32 Å². The SMILES string of the molecule is COC(=O)[C@]12CC[C@](c3ccccc3Cl)(N1)c1c(n(C)c3ccccc13)[C@@H]2C[N+](=O)[O-]. The number of hydrogen-bond donors (Lipinski definition) is 1. The fourth-order valence-electron chi connectivity index (χ4n) is 5.86. The Morgan fingerprint density at radius 1 is 1.26 bits per heavy atom. The predicted molar refractivity (Wildman–Crippen MR) is 117 cm³/mol. The molecule has 31 heavy (non-hydrogen) atoms. The maximum atomic E-state index is 13.2. The third-order valence-corrected chi connectivity index (χ3v) is 7.38. The summed E-state index contributed by atoms with van der Waals surface area (Å²) in [5.41, 5.74) is 1.61. The van der Waals surface area contributed by atoms with Crippen molar-refractivity contribution in [3.8, 4) is 0 Å². The van der Waals surface area contributed by atoms with Crippen molar-refractivity contribution in [1.29, 1.82) is 0 Å². The van der Waals surface area contributed by atoms with Crippen LogP contribution in [0.1, 0.15) is 35.6 Å². The summed E-state index contributed by atoms with van der Waals surface area (Å²) in [4.78, 5) is 24.6. The summed E-state index contributed by atoms with van der Waals surface area (Å²) >= 11 is 6.68. The van der Waals surface area contributed by atoms with E-state index in [1.165, 1.54) is 7.11 Å². The molecular weight excluding hydrogens is 418 g/mol. The Morgan fingerprint density at radius 3 is 2.68 bits per heavy atom. The van der Waals surface area contributed by atoms with Crippen LogP contribution in [0.2, 0.25) is 5.02 Å². The molecule has 8 heteroatoms. The van der Waals surface area contributed by atoms with Crippen LogP contribution in [0.3, 0.4) is 0 Å². The third-order valence-electron chi connectivity index (χ3n) is 7.05. The Labute approximate surface area is 184 Å². The van der Waals surface area contributed by atoms with E-state index in [2.05, 4.69) is 5.32 Å². The molecule has 3 heterocycles. The first-order chi connectivity index (χ1) is 14.9. The topological polar surface area (TPSA) is 86.4 Å². The first kappa shape index (κ1) is 20.0. The lowest BCUT2D eigenvalue weighted by atomic mass is 9.73. The molecule has 5 rings (SSSR count). The molecule has 0 amide bonds. The molecule has 0 aliphatic carbocycles. The van der Waals surface area contributed by atoms with E-state index in [9.17, 15) is 14.9 Å². The standard InChI is InChI=1S/C23H22ClN3O4/c1-26-18-10-6-3-7-14(18)19-20(26)16(13-27(29)30)23(21(28)31-2)12-11-22(19,25-23)15-8-4-5-9-17(15)24/h3-10,16,25H,11-13H2,1-2H3/t16-,22+,23+/m0/s1. The minimum atomic E-state index is -1.21. The number of nitrogens with one attached hydrogen (secondary N) is 1. The van der Waals surface area contributed by atoms with E-state index < -0.39 is 23.0 Å². The van der Waals surface area contributed by atoms with Crippen molar-refractivity contribution in [2.24, 2.45) is 7.05 Å². The molecule has 7 nitrogen and oxygen atoms in total. The van der Waals surface area contributed by atoms with Crippen molar-refractivity contribution in [2.75, 3.05) is 13.7 Å². The maximum absolute atomic E-state index is 13.2. The normalized spacial score (nSPS) is 26.6. The van der Waals surface area contributed by atoms with Gasteiger partial charge in [0.05, 0.1) is 18.6 Å². The number of esters is 1. The Hall–Kier alpha value is -2.90. The Bertz CT molecular complexity index is 1240. The highest BCUT2D eigenvalue weighted by Crippen LogP contribution is 2.58. The van der Waals surface area contributed by atoms with Crippen LogP contribution >= 0.6 is 11.6 Å². The molecular formula is C23H22ClN3O4. The van der Waals surface area contributed by atoms with E-state index in [0.29, 0.717) is 17.9 Å². The molecule has 1 N–H and O–H groups in total. The van der Waals surface area contributed by atoms with Gasteiger partial charge in [-0.1, -0.05) is 48.0 Å². The average molecular weight is 440 g/mol. The zero-order valence-electron chi connectivity index (χ0n) is 17.2. The highest BCUT2D eigenvalue weighted by molar-refractivity contribution is 6.31. The number of para-hydroxylation sites is 1. The summed E-state index contributed by atoms with van der Waals surface area (Å²) < 4.78 is 7.19. The molecule has 0 spiro atoms. The smallest absolute Gasteiger partial charge is 0.327 e. The first-order valence-electron chi connectivity index (χ1n) is 10.2. The number of methoxy groups -OCH3 is 1. The van der Waals surface area contributed by atoms with E-state index in [4.69, 9.17) is 16.3 Å². The molecule has 160 valence electrons. The van der Waals surface area contributed by atoms with Crippen LogP contribution in [0.4, 0.5) is 0 Å². The van der Waals surface area contributed by atoms with Gasteiger partial charge in [-0.25, -0.2) is 0 Å². The molecule has 0 saturated carbocycles. The summed E-state index contributed by atoms with van der Waals surface area (Å²) in [6.45, 7) is -0.377. The van der Waals surface area contributed by atoms with Crippen molar-refractivity contribution >= 4 is 28.5 Å². The second kappa shape index (κ2) is 6.80. The largest absolute Gasteiger partial charge is 0.468 e. The van der Waals surface area contributed by atoms with Crippen molar-refractivity contribution in [3.05, 3.63) is 80.5 Å². The van der Waals surface area contributed by atoms with Gasteiger partial charge < -0.3 is 9.30 Å². The van der Waals surface area contributed by atoms with Gasteiger partial charge in [0.25, 0.3) is 0 Å². The molecule has 0 unspecified atom stereocenters. The molecule has 2 aliphatic heterocycles. The second-order valence-corrected chi connectivity index (χ2v) is 8.78. The monoisotopic (exact) mass is 439 g/mol. The van der Waals surface area contributed by atoms with Crippen LogP contribution in [-0.2, 0) is 22.1 Å². The number of aromatic nitrogens is 1. The lowest BCUT2D eigenvalue weighted by Gasteiger charge is -2.44. The molecule has 0 radical (unpaired) electrons. The predicted octanol–water partition coefficient (Wildman–Crippen LogP) is 3.74. The number of halogens is 1. The minimum absolute atomic E-state index is 0.348. The Morgan fingerprint density at radius 2 is 1.97 bits per heavy atom. The Balaban J connectivity index is 1.92. The number of nitrogens with zero attached hydrogens (tertiary/aromatic N) is 2. The Kier molecular flexibility index (Phi) is 4.39. The van der Waals surface area contributed by atoms with Crippen LogP contribution in [0.25, 0.3) is 10.9 Å². The van der Waals surface area contributed by atoms with Gasteiger partial charge in [0, 0.05) is 39.2 Å². The van der Waals surface area contributed by atoms with Crippen molar-refractivity contribution in [3.63, 3.8) is 0 Å². The van der Waals surface area contributed by atoms with Crippen LogP contribution in [0.15, 0.2) is 48.5 Å². The molecule has 2 aliphatic rings. The number of carbonyl (C=O) groups is 1. The maximum Gasteiger partial charge on any atom is 0.327 e. The number of carbonyl (C=O) groups excluding carboxylic acids is 1. The van der Waals surface area contributed by atoms with E-state index in [1.807, 2.05) is 60.1 Å². The van der Waals surface area contributed by atoms with Crippen molar-refractivity contribution in [2.45, 2.75) is 29.8 Å². The zero-order chi connectivity index (χ0) is 22.0. The van der Waals surface area contributed by atoms with E-state index in [1.54, 1.807) is 0 Å². The molecule has 3 atom stereocenters. The summed E-state index contributed by atoms with van der Waals surface area (Å²) in [7, 11) is 3.23. The van der Waals surface area contributed by atoms with Crippen molar-refractivity contribution < 1.29 is 14.5 Å². The fraction of sp³-hybridized carbons (Fsp3) is 0.348. The molecule has 1 saturated heterocycles. The number of aryl methyl sites for hydroxylation is 1. The number of ether oxygens (including phenoxy) is 1. The number of fused-ring (bicyclic) bond motifs is 6. The molecule has 3 aromatic rings. The van der Waals surface area contributed by atoms with E-state index in [0.717, 1.165) is 27.7 Å². The third kappa shape index (κ3) is 2.53. The zero-order valence-corrected chi connectivity index (χ0v) is 18.0. The van der Waals surface area contributed by atoms with Gasteiger partial charge in [0.15, 0.2) is 0 Å². The summed E-state index contributed by atoms with van der Waals surface area (Å²) in [5, 5.41) is 16.9. The first-order valence-corrected chi connectivity index (χ1v) is 10.6. The molecule has 1 aromatic heterocycles. The summed E-state index contributed by atoms with van der Waals surface area (Å²) in [6.07, 6.45) is 0.980. The number of nitro groups is 1. The van der Waals surface area contributed by atoms with Gasteiger partial charge in [-0.2, -0.15) is 0 Å². The van der Waals surface area contributed by atoms with Gasteiger partial charge in [0.2, 0.25) is 6.54 Å². The molecule has 2 aromatic carbocycles. The average Bonchev–Trinajstić information content (AvgIpc) is 3.27. The van der Waals surface area contributed by atoms with Gasteiger partial charge in [-0.15, -0.1) is 0 Å². The fourth-order valence-corrected chi connectivity index (χ4v) is 6.15. The van der Waals surface area contributed by atoms with Crippen molar-refractivity contribution in [1.82, 2.24) is 9.88 Å².